The number of hydrogen-bond donors (Lipinski definition) is 2. The Morgan fingerprint density at radius 3 is 2.60 bits per heavy atom. The third kappa shape index (κ3) is 3.04. The van der Waals surface area contributed by atoms with E-state index in [0.717, 1.165) is 12.8 Å². The van der Waals surface area contributed by atoms with Crippen LogP contribution < -0.4 is 5.56 Å². The van der Waals surface area contributed by atoms with Crippen molar-refractivity contribution in [1.29, 1.82) is 0 Å². The first-order valence-corrected chi connectivity index (χ1v) is 6.48. The van der Waals surface area contributed by atoms with Crippen molar-refractivity contribution in [3.8, 4) is 0 Å². The predicted octanol–water partition coefficient (Wildman–Crippen LogP) is 0.502. The summed E-state index contributed by atoms with van der Waals surface area (Å²) in [5.41, 5.74) is -0.0725. The van der Waals surface area contributed by atoms with Crippen molar-refractivity contribution in [2.75, 3.05) is 13.6 Å². The van der Waals surface area contributed by atoms with E-state index in [2.05, 4.69) is 9.97 Å². The van der Waals surface area contributed by atoms with Crippen LogP contribution in [0.25, 0.3) is 0 Å². The molecule has 0 aromatic carbocycles. The van der Waals surface area contributed by atoms with Crippen LogP contribution in [0, 0.1) is 6.92 Å². The third-order valence-corrected chi connectivity index (χ3v) is 3.30. The van der Waals surface area contributed by atoms with E-state index in [1.165, 1.54) is 11.9 Å². The number of hydrogen-bond acceptors (Lipinski definition) is 4. The number of aromatic nitrogens is 2. The number of rotatable bonds is 5. The number of nitrogens with one attached hydrogen (secondary N) is 1. The molecular weight excluding hydrogens is 262 g/mol. The zero-order valence-corrected chi connectivity index (χ0v) is 11.5. The summed E-state index contributed by atoms with van der Waals surface area (Å²) in [6.07, 6.45) is 1.86. The van der Waals surface area contributed by atoms with Gasteiger partial charge in [0.05, 0.1) is 12.1 Å². The monoisotopic (exact) mass is 279 g/mol. The van der Waals surface area contributed by atoms with Gasteiger partial charge in [0, 0.05) is 19.5 Å². The second-order valence-electron chi connectivity index (χ2n) is 5.06. The Morgan fingerprint density at radius 1 is 1.45 bits per heavy atom. The lowest BCUT2D eigenvalue weighted by Gasteiger charge is -2.16. The fraction of sp³-hybridized carbons (Fsp3) is 0.538. The molecule has 1 aromatic heterocycles. The van der Waals surface area contributed by atoms with Gasteiger partial charge in [-0.25, -0.2) is 4.98 Å². The van der Waals surface area contributed by atoms with E-state index in [-0.39, 0.29) is 18.5 Å². The van der Waals surface area contributed by atoms with E-state index in [1.54, 1.807) is 6.92 Å². The standard InChI is InChI=1S/C13H17N3O4/c1-7-10(13(20)16(2)6-5-9(17)18)12(19)15-11(14-7)8-3-4-8/h8H,3-6H2,1-2H3,(H,17,18)(H,14,15,19). The molecule has 0 unspecified atom stereocenters. The van der Waals surface area contributed by atoms with Gasteiger partial charge in [0.25, 0.3) is 11.5 Å². The molecule has 1 amide bonds. The summed E-state index contributed by atoms with van der Waals surface area (Å²) in [4.78, 5) is 42.8. The van der Waals surface area contributed by atoms with Gasteiger partial charge < -0.3 is 15.0 Å². The molecule has 0 bridgehead atoms. The predicted molar refractivity (Wildman–Crippen MR) is 70.8 cm³/mol. The Hall–Kier alpha value is -2.18. The quantitative estimate of drug-likeness (QED) is 0.817. The summed E-state index contributed by atoms with van der Waals surface area (Å²) in [7, 11) is 1.47. The van der Waals surface area contributed by atoms with Crippen LogP contribution in [0.15, 0.2) is 4.79 Å². The summed E-state index contributed by atoms with van der Waals surface area (Å²) < 4.78 is 0. The van der Waals surface area contributed by atoms with Crippen LogP contribution in [-0.4, -0.2) is 45.4 Å². The van der Waals surface area contributed by atoms with E-state index in [4.69, 9.17) is 5.11 Å². The second-order valence-corrected chi connectivity index (χ2v) is 5.06. The second kappa shape index (κ2) is 5.44. The maximum Gasteiger partial charge on any atom is 0.305 e. The van der Waals surface area contributed by atoms with Crippen LogP contribution >= 0.6 is 0 Å². The molecule has 0 radical (unpaired) electrons. The number of aromatic amines is 1. The normalized spacial score (nSPS) is 14.1. The number of carbonyl (C=O) groups is 2. The topological polar surface area (TPSA) is 103 Å². The Morgan fingerprint density at radius 2 is 2.10 bits per heavy atom. The molecule has 7 heteroatoms. The largest absolute Gasteiger partial charge is 0.481 e. The zero-order valence-electron chi connectivity index (χ0n) is 11.5. The lowest BCUT2D eigenvalue weighted by molar-refractivity contribution is -0.137. The molecule has 0 aliphatic heterocycles. The summed E-state index contributed by atoms with van der Waals surface area (Å²) >= 11 is 0. The molecule has 1 aliphatic rings. The minimum atomic E-state index is -0.988. The average Bonchev–Trinajstić information content (AvgIpc) is 3.18. The van der Waals surface area contributed by atoms with Gasteiger partial charge in [-0.05, 0) is 19.8 Å². The molecule has 20 heavy (non-hydrogen) atoms. The van der Waals surface area contributed by atoms with Crippen molar-refractivity contribution in [3.63, 3.8) is 0 Å². The van der Waals surface area contributed by atoms with Gasteiger partial charge in [0.15, 0.2) is 0 Å². The van der Waals surface area contributed by atoms with Crippen molar-refractivity contribution in [3.05, 3.63) is 27.4 Å². The fourth-order valence-corrected chi connectivity index (χ4v) is 1.97. The number of H-pyrrole nitrogens is 1. The van der Waals surface area contributed by atoms with Gasteiger partial charge >= 0.3 is 5.97 Å². The van der Waals surface area contributed by atoms with Crippen LogP contribution in [0.4, 0.5) is 0 Å². The van der Waals surface area contributed by atoms with Crippen LogP contribution in [0.1, 0.15) is 47.1 Å². The minimum Gasteiger partial charge on any atom is -0.481 e. The summed E-state index contributed by atoms with van der Waals surface area (Å²) in [5.74, 6) is -0.551. The Kier molecular flexibility index (Phi) is 3.87. The highest BCUT2D eigenvalue weighted by atomic mass is 16.4. The van der Waals surface area contributed by atoms with Crippen LogP contribution in [-0.2, 0) is 4.79 Å². The lowest BCUT2D eigenvalue weighted by atomic mass is 10.2. The first-order chi connectivity index (χ1) is 9.40. The number of nitrogens with zero attached hydrogens (tertiary/aromatic N) is 2. The van der Waals surface area contributed by atoms with Gasteiger partial charge in [-0.15, -0.1) is 0 Å². The lowest BCUT2D eigenvalue weighted by Crippen LogP contribution is -2.35. The summed E-state index contributed by atoms with van der Waals surface area (Å²) in [6, 6.07) is 0. The maximum atomic E-state index is 12.2. The zero-order chi connectivity index (χ0) is 14.9. The maximum absolute atomic E-state index is 12.2. The average molecular weight is 279 g/mol. The number of carboxylic acids is 1. The molecule has 1 aliphatic carbocycles. The van der Waals surface area contributed by atoms with Crippen molar-refractivity contribution in [1.82, 2.24) is 14.9 Å². The molecule has 2 N–H and O–H groups in total. The molecule has 108 valence electrons. The minimum absolute atomic E-state index is 0.0118. The van der Waals surface area contributed by atoms with E-state index in [1.807, 2.05) is 0 Å². The summed E-state index contributed by atoms with van der Waals surface area (Å²) in [5, 5.41) is 8.61. The van der Waals surface area contributed by atoms with E-state index < -0.39 is 17.4 Å². The fourth-order valence-electron chi connectivity index (χ4n) is 1.97. The van der Waals surface area contributed by atoms with Crippen LogP contribution in [0.5, 0.6) is 0 Å². The van der Waals surface area contributed by atoms with Crippen LogP contribution in [0.2, 0.25) is 0 Å². The first kappa shape index (κ1) is 14.2. The van der Waals surface area contributed by atoms with Gasteiger partial charge in [0.1, 0.15) is 11.4 Å². The number of aliphatic carboxylic acids is 1. The SMILES string of the molecule is Cc1nc(C2CC2)[nH]c(=O)c1C(=O)N(C)CCC(=O)O. The summed E-state index contributed by atoms with van der Waals surface area (Å²) in [6.45, 7) is 1.68. The van der Waals surface area contributed by atoms with Crippen molar-refractivity contribution >= 4 is 11.9 Å². The number of aryl methyl sites for hydroxylation is 1. The Balaban J connectivity index is 2.21. The molecule has 1 fully saturated rings. The van der Waals surface area contributed by atoms with Gasteiger partial charge in [-0.3, -0.25) is 14.4 Å². The molecule has 0 saturated heterocycles. The van der Waals surface area contributed by atoms with E-state index in [0.29, 0.717) is 17.4 Å². The highest BCUT2D eigenvalue weighted by Gasteiger charge is 2.28. The number of carbonyl (C=O) groups excluding carboxylic acids is 1. The Bertz CT molecular complexity index is 604. The smallest absolute Gasteiger partial charge is 0.305 e. The third-order valence-electron chi connectivity index (χ3n) is 3.30. The molecular formula is C13H17N3O4. The first-order valence-electron chi connectivity index (χ1n) is 6.48. The molecule has 0 atom stereocenters. The highest BCUT2D eigenvalue weighted by Crippen LogP contribution is 2.37. The molecule has 2 rings (SSSR count). The molecule has 1 heterocycles. The van der Waals surface area contributed by atoms with Crippen molar-refractivity contribution < 1.29 is 14.7 Å². The molecule has 1 aromatic rings. The highest BCUT2D eigenvalue weighted by molar-refractivity contribution is 5.94. The number of amides is 1. The molecule has 1 saturated carbocycles. The van der Waals surface area contributed by atoms with Crippen molar-refractivity contribution in [2.45, 2.75) is 32.1 Å². The van der Waals surface area contributed by atoms with Crippen LogP contribution in [0.3, 0.4) is 0 Å². The van der Waals surface area contributed by atoms with Gasteiger partial charge in [-0.2, -0.15) is 0 Å². The molecule has 0 spiro atoms. The van der Waals surface area contributed by atoms with Gasteiger partial charge in [-0.1, -0.05) is 0 Å². The van der Waals surface area contributed by atoms with E-state index in [9.17, 15) is 14.4 Å². The van der Waals surface area contributed by atoms with Crippen molar-refractivity contribution in [2.24, 2.45) is 0 Å². The Labute approximate surface area is 115 Å². The number of carboxylic acid groups (broad SMARTS) is 1. The van der Waals surface area contributed by atoms with Gasteiger partial charge in [0.2, 0.25) is 0 Å². The molecule has 7 nitrogen and oxygen atoms in total. The van der Waals surface area contributed by atoms with E-state index >= 15 is 0 Å².